The Morgan fingerprint density at radius 2 is 1.81 bits per heavy atom. The fourth-order valence-corrected chi connectivity index (χ4v) is 5.29. The second-order valence-corrected chi connectivity index (χ2v) is 9.61. The lowest BCUT2D eigenvalue weighted by Crippen LogP contribution is -2.29. The predicted octanol–water partition coefficient (Wildman–Crippen LogP) is 4.59. The molecule has 1 aromatic heterocycles. The highest BCUT2D eigenvalue weighted by molar-refractivity contribution is 7.18. The van der Waals surface area contributed by atoms with Gasteiger partial charge in [0.25, 0.3) is 0 Å². The van der Waals surface area contributed by atoms with Gasteiger partial charge in [-0.25, -0.2) is 4.98 Å². The molecule has 160 valence electrons. The van der Waals surface area contributed by atoms with Crippen molar-refractivity contribution in [2.75, 3.05) is 34.8 Å². The van der Waals surface area contributed by atoms with Crippen LogP contribution in [0.3, 0.4) is 0 Å². The van der Waals surface area contributed by atoms with E-state index >= 15 is 0 Å². The zero-order valence-electron chi connectivity index (χ0n) is 17.6. The lowest BCUT2D eigenvalue weighted by Gasteiger charge is -2.28. The highest BCUT2D eigenvalue weighted by Crippen LogP contribution is 2.31. The van der Waals surface area contributed by atoms with Crippen molar-refractivity contribution >= 4 is 50.4 Å². The zero-order valence-corrected chi connectivity index (χ0v) is 18.5. The van der Waals surface area contributed by atoms with Crippen molar-refractivity contribution in [1.82, 2.24) is 4.98 Å². The van der Waals surface area contributed by atoms with E-state index in [-0.39, 0.29) is 24.2 Å². The van der Waals surface area contributed by atoms with Crippen LogP contribution < -0.4 is 15.1 Å². The number of nitrogens with one attached hydrogen (secondary N) is 1. The Hall–Kier alpha value is -2.93. The molecule has 0 bridgehead atoms. The monoisotopic (exact) mass is 434 g/mol. The minimum atomic E-state index is -0.359. The minimum Gasteiger partial charge on any atom is -0.372 e. The Morgan fingerprint density at radius 3 is 2.58 bits per heavy atom. The van der Waals surface area contributed by atoms with Crippen LogP contribution in [0.2, 0.25) is 0 Å². The maximum atomic E-state index is 12.8. The van der Waals surface area contributed by atoms with E-state index in [0.717, 1.165) is 39.7 Å². The maximum absolute atomic E-state index is 12.8. The van der Waals surface area contributed by atoms with Crippen LogP contribution in [0.5, 0.6) is 0 Å². The van der Waals surface area contributed by atoms with Crippen LogP contribution >= 0.6 is 11.3 Å². The van der Waals surface area contributed by atoms with Gasteiger partial charge in [-0.15, -0.1) is 11.3 Å². The van der Waals surface area contributed by atoms with Crippen LogP contribution in [0.15, 0.2) is 42.5 Å². The molecular formula is C24H26N4O2S. The van der Waals surface area contributed by atoms with Crippen LogP contribution in [0.1, 0.15) is 30.7 Å². The molecular weight excluding hydrogens is 408 g/mol. The van der Waals surface area contributed by atoms with E-state index in [1.807, 2.05) is 37.3 Å². The summed E-state index contributed by atoms with van der Waals surface area (Å²) in [5.74, 6) is -0.485. The molecule has 2 aromatic carbocycles. The van der Waals surface area contributed by atoms with Gasteiger partial charge >= 0.3 is 0 Å². The first-order valence-corrected chi connectivity index (χ1v) is 11.7. The molecule has 0 spiro atoms. The molecule has 2 aliphatic heterocycles. The summed E-state index contributed by atoms with van der Waals surface area (Å²) in [6.45, 7) is 4.56. The number of nitrogens with zero attached hydrogens (tertiary/aromatic N) is 3. The second kappa shape index (κ2) is 8.30. The van der Waals surface area contributed by atoms with Gasteiger partial charge in [0.15, 0.2) is 0 Å². The Labute approximate surface area is 185 Å². The average molecular weight is 435 g/mol. The topological polar surface area (TPSA) is 65.5 Å². The number of carbonyl (C=O) groups is 2. The lowest BCUT2D eigenvalue weighted by molar-refractivity contribution is -0.122. The Balaban J connectivity index is 1.24. The van der Waals surface area contributed by atoms with Crippen molar-refractivity contribution < 1.29 is 9.59 Å². The highest BCUT2D eigenvalue weighted by Gasteiger charge is 2.35. The number of aromatic nitrogens is 1. The number of anilines is 3. The predicted molar refractivity (Wildman–Crippen MR) is 126 cm³/mol. The van der Waals surface area contributed by atoms with Crippen LogP contribution in [-0.4, -0.2) is 36.4 Å². The van der Waals surface area contributed by atoms with E-state index in [1.54, 1.807) is 16.2 Å². The fourth-order valence-electron chi connectivity index (χ4n) is 4.48. The molecule has 0 radical (unpaired) electrons. The van der Waals surface area contributed by atoms with Gasteiger partial charge in [-0.2, -0.15) is 0 Å². The van der Waals surface area contributed by atoms with Crippen molar-refractivity contribution in [3.8, 4) is 0 Å². The Kier molecular flexibility index (Phi) is 5.36. The summed E-state index contributed by atoms with van der Waals surface area (Å²) < 4.78 is 1.11. The molecule has 5 rings (SSSR count). The van der Waals surface area contributed by atoms with Crippen molar-refractivity contribution in [1.29, 1.82) is 0 Å². The van der Waals surface area contributed by atoms with Gasteiger partial charge in [0.05, 0.1) is 21.1 Å². The SMILES string of the molecule is Cc1nc2cc(N3CC(C(=O)Nc4ccc(N5CCCCC5)cc4)CC3=O)ccc2s1. The van der Waals surface area contributed by atoms with E-state index < -0.39 is 0 Å². The number of thiazole rings is 1. The molecule has 2 saturated heterocycles. The molecule has 31 heavy (non-hydrogen) atoms. The molecule has 2 amide bonds. The summed E-state index contributed by atoms with van der Waals surface area (Å²) in [6.07, 6.45) is 4.00. The maximum Gasteiger partial charge on any atom is 0.229 e. The first-order chi connectivity index (χ1) is 15.1. The summed E-state index contributed by atoms with van der Waals surface area (Å²) in [4.78, 5) is 34.1. The van der Waals surface area contributed by atoms with Gasteiger partial charge in [-0.3, -0.25) is 9.59 Å². The van der Waals surface area contributed by atoms with Crippen molar-refractivity contribution in [2.24, 2.45) is 5.92 Å². The van der Waals surface area contributed by atoms with Crippen molar-refractivity contribution in [3.63, 3.8) is 0 Å². The van der Waals surface area contributed by atoms with E-state index in [2.05, 4.69) is 27.3 Å². The Bertz CT molecular complexity index is 1120. The summed E-state index contributed by atoms with van der Waals surface area (Å²) in [5, 5.41) is 4.00. The third kappa shape index (κ3) is 4.14. The number of hydrogen-bond acceptors (Lipinski definition) is 5. The second-order valence-electron chi connectivity index (χ2n) is 8.37. The highest BCUT2D eigenvalue weighted by atomic mass is 32.1. The molecule has 7 heteroatoms. The van der Waals surface area contributed by atoms with Crippen LogP contribution in [0.25, 0.3) is 10.2 Å². The molecule has 1 N–H and O–H groups in total. The lowest BCUT2D eigenvalue weighted by atomic mass is 10.1. The number of amides is 2. The van der Waals surface area contributed by atoms with E-state index in [0.29, 0.717) is 6.54 Å². The molecule has 1 atom stereocenters. The molecule has 3 aromatic rings. The van der Waals surface area contributed by atoms with Gasteiger partial charge in [-0.05, 0) is 68.7 Å². The molecule has 2 fully saturated rings. The average Bonchev–Trinajstić information content (AvgIpc) is 3.36. The van der Waals surface area contributed by atoms with Crippen LogP contribution in [0.4, 0.5) is 17.1 Å². The number of rotatable bonds is 4. The number of piperidine rings is 1. The number of fused-ring (bicyclic) bond motifs is 1. The molecule has 2 aliphatic rings. The molecule has 6 nitrogen and oxygen atoms in total. The summed E-state index contributed by atoms with van der Waals surface area (Å²) in [5.41, 5.74) is 3.68. The van der Waals surface area contributed by atoms with Gasteiger partial charge in [0.1, 0.15) is 0 Å². The number of hydrogen-bond donors (Lipinski definition) is 1. The largest absolute Gasteiger partial charge is 0.372 e. The van der Waals surface area contributed by atoms with E-state index in [1.165, 1.54) is 24.9 Å². The van der Waals surface area contributed by atoms with E-state index in [4.69, 9.17) is 0 Å². The van der Waals surface area contributed by atoms with Gasteiger partial charge in [0.2, 0.25) is 11.8 Å². The standard InChI is InChI=1S/C24H26N4O2S/c1-16-25-21-14-20(9-10-22(21)31-16)28-15-17(13-23(28)29)24(30)26-18-5-7-19(8-6-18)27-11-3-2-4-12-27/h5-10,14,17H,2-4,11-13,15H2,1H3,(H,26,30). The number of benzene rings is 2. The molecule has 3 heterocycles. The zero-order chi connectivity index (χ0) is 21.4. The first kappa shape index (κ1) is 20.0. The Morgan fingerprint density at radius 1 is 1.06 bits per heavy atom. The smallest absolute Gasteiger partial charge is 0.229 e. The fraction of sp³-hybridized carbons (Fsp3) is 0.375. The molecule has 0 aliphatic carbocycles. The summed E-state index contributed by atoms with van der Waals surface area (Å²) in [7, 11) is 0. The molecule has 0 saturated carbocycles. The third-order valence-corrected chi connectivity index (χ3v) is 7.09. The quantitative estimate of drug-likeness (QED) is 0.652. The van der Waals surface area contributed by atoms with E-state index in [9.17, 15) is 9.59 Å². The van der Waals surface area contributed by atoms with Gasteiger partial charge in [0, 0.05) is 43.1 Å². The van der Waals surface area contributed by atoms with Crippen LogP contribution in [0, 0.1) is 12.8 Å². The molecule has 1 unspecified atom stereocenters. The third-order valence-electron chi connectivity index (χ3n) is 6.14. The van der Waals surface area contributed by atoms with Crippen molar-refractivity contribution in [3.05, 3.63) is 47.5 Å². The minimum absolute atomic E-state index is 0.0214. The van der Waals surface area contributed by atoms with Gasteiger partial charge < -0.3 is 15.1 Å². The normalized spacial score (nSPS) is 19.3. The first-order valence-electron chi connectivity index (χ1n) is 10.9. The summed E-state index contributed by atoms with van der Waals surface area (Å²) in [6, 6.07) is 13.9. The van der Waals surface area contributed by atoms with Crippen molar-refractivity contribution in [2.45, 2.75) is 32.6 Å². The summed E-state index contributed by atoms with van der Waals surface area (Å²) >= 11 is 1.64. The number of carbonyl (C=O) groups excluding carboxylic acids is 2. The van der Waals surface area contributed by atoms with Crippen LogP contribution in [-0.2, 0) is 9.59 Å². The number of aryl methyl sites for hydroxylation is 1. The van der Waals surface area contributed by atoms with Gasteiger partial charge in [-0.1, -0.05) is 0 Å².